The van der Waals surface area contributed by atoms with Crippen LogP contribution in [0.3, 0.4) is 0 Å². The molecule has 28 heavy (non-hydrogen) atoms. The van der Waals surface area contributed by atoms with Crippen LogP contribution in [0.4, 0.5) is 0 Å². The molecule has 0 bridgehead atoms. The second kappa shape index (κ2) is 8.19. The molecular weight excluding hydrogens is 360 g/mol. The van der Waals surface area contributed by atoms with Gasteiger partial charge in [0, 0.05) is 0 Å². The molecule has 152 valence electrons. The second-order valence-corrected chi connectivity index (χ2v) is 7.09. The lowest BCUT2D eigenvalue weighted by Crippen LogP contribution is -2.10. The van der Waals surface area contributed by atoms with Crippen molar-refractivity contribution in [2.24, 2.45) is 11.8 Å². The number of phenols is 1. The quantitative estimate of drug-likeness (QED) is 0.785. The maximum Gasteiger partial charge on any atom is 0.203 e. The third-order valence-corrected chi connectivity index (χ3v) is 5.63. The summed E-state index contributed by atoms with van der Waals surface area (Å²) in [4.78, 5) is 0. The Morgan fingerprint density at radius 1 is 0.714 bits per heavy atom. The number of aromatic hydroxyl groups is 1. The fourth-order valence-corrected chi connectivity index (χ4v) is 3.86. The van der Waals surface area contributed by atoms with Crippen LogP contribution in [-0.4, -0.2) is 33.5 Å². The fourth-order valence-electron chi connectivity index (χ4n) is 3.86. The average molecular weight is 388 g/mol. The molecule has 1 saturated heterocycles. The van der Waals surface area contributed by atoms with Gasteiger partial charge in [-0.05, 0) is 47.2 Å². The molecular formula is C22H28O6. The van der Waals surface area contributed by atoms with E-state index in [9.17, 15) is 5.11 Å². The highest BCUT2D eigenvalue weighted by Gasteiger charge is 2.41. The Bertz CT molecular complexity index is 809. The van der Waals surface area contributed by atoms with Gasteiger partial charge in [0.1, 0.15) is 0 Å². The highest BCUT2D eigenvalue weighted by molar-refractivity contribution is 5.54. The number of benzene rings is 2. The van der Waals surface area contributed by atoms with Gasteiger partial charge in [0.05, 0.1) is 40.6 Å². The second-order valence-electron chi connectivity index (χ2n) is 7.09. The lowest BCUT2D eigenvalue weighted by atomic mass is 9.85. The summed E-state index contributed by atoms with van der Waals surface area (Å²) in [6.07, 6.45) is -0.248. The molecule has 0 amide bonds. The van der Waals surface area contributed by atoms with Crippen LogP contribution < -0.4 is 18.9 Å². The number of phenolic OH excluding ortho intramolecular Hbond substituents is 1. The standard InChI is InChI=1S/C22H28O6/c1-12-13(2)21(15-10-18(25-4)22(27-6)19(11-15)26-5)28-20(12)14-7-8-16(23)17(9-14)24-3/h7-13,20-21,23H,1-6H3/t12-,13-,20-,21+/m1/s1. The fraction of sp³-hybridized carbons (Fsp3) is 0.455. The number of hydrogen-bond donors (Lipinski definition) is 1. The molecule has 0 spiro atoms. The van der Waals surface area contributed by atoms with Gasteiger partial charge in [-0.25, -0.2) is 0 Å². The molecule has 0 unspecified atom stereocenters. The number of ether oxygens (including phenoxy) is 5. The van der Waals surface area contributed by atoms with E-state index in [0.29, 0.717) is 23.0 Å². The first-order valence-electron chi connectivity index (χ1n) is 9.27. The van der Waals surface area contributed by atoms with Crippen LogP contribution in [0.2, 0.25) is 0 Å². The van der Waals surface area contributed by atoms with Crippen molar-refractivity contribution in [1.29, 1.82) is 0 Å². The SMILES string of the molecule is COc1cc([C@@H]2O[C@H](c3cc(OC)c(OC)c(OC)c3)[C@H](C)[C@H]2C)ccc1O. The molecule has 1 N–H and O–H groups in total. The smallest absolute Gasteiger partial charge is 0.203 e. The van der Waals surface area contributed by atoms with E-state index in [-0.39, 0.29) is 29.8 Å². The van der Waals surface area contributed by atoms with E-state index in [4.69, 9.17) is 23.7 Å². The van der Waals surface area contributed by atoms with Crippen molar-refractivity contribution in [2.75, 3.05) is 28.4 Å². The summed E-state index contributed by atoms with van der Waals surface area (Å²) in [7, 11) is 6.34. The van der Waals surface area contributed by atoms with Crippen molar-refractivity contribution in [3.05, 3.63) is 41.5 Å². The monoisotopic (exact) mass is 388 g/mol. The molecule has 0 saturated carbocycles. The topological polar surface area (TPSA) is 66.4 Å². The van der Waals surface area contributed by atoms with E-state index in [2.05, 4.69) is 13.8 Å². The Kier molecular flexibility index (Phi) is 5.89. The van der Waals surface area contributed by atoms with E-state index >= 15 is 0 Å². The van der Waals surface area contributed by atoms with Crippen LogP contribution in [0.15, 0.2) is 30.3 Å². The van der Waals surface area contributed by atoms with Gasteiger partial charge in [0.25, 0.3) is 0 Å². The molecule has 2 aromatic carbocycles. The maximum atomic E-state index is 9.88. The Balaban J connectivity index is 1.97. The Hall–Kier alpha value is -2.60. The van der Waals surface area contributed by atoms with Gasteiger partial charge >= 0.3 is 0 Å². The first-order valence-corrected chi connectivity index (χ1v) is 9.27. The van der Waals surface area contributed by atoms with Crippen LogP contribution in [0.25, 0.3) is 0 Å². The summed E-state index contributed by atoms with van der Waals surface area (Å²) in [5, 5.41) is 9.88. The first-order chi connectivity index (χ1) is 13.4. The lowest BCUT2D eigenvalue weighted by Gasteiger charge is -2.20. The zero-order valence-corrected chi connectivity index (χ0v) is 17.2. The van der Waals surface area contributed by atoms with Crippen LogP contribution in [-0.2, 0) is 4.74 Å². The van der Waals surface area contributed by atoms with E-state index in [0.717, 1.165) is 11.1 Å². The molecule has 6 heteroatoms. The van der Waals surface area contributed by atoms with Gasteiger partial charge in [0.2, 0.25) is 5.75 Å². The highest BCUT2D eigenvalue weighted by Crippen LogP contribution is 2.51. The first kappa shape index (κ1) is 20.1. The zero-order valence-electron chi connectivity index (χ0n) is 17.2. The number of hydrogen-bond acceptors (Lipinski definition) is 6. The summed E-state index contributed by atoms with van der Waals surface area (Å²) in [6, 6.07) is 9.23. The number of methoxy groups -OCH3 is 4. The normalized spacial score (nSPS) is 24.1. The minimum atomic E-state index is -0.131. The molecule has 1 heterocycles. The molecule has 0 aromatic heterocycles. The van der Waals surface area contributed by atoms with Gasteiger partial charge in [0.15, 0.2) is 23.0 Å². The third kappa shape index (κ3) is 3.44. The molecule has 3 rings (SSSR count). The van der Waals surface area contributed by atoms with Crippen molar-refractivity contribution in [3.8, 4) is 28.7 Å². The number of rotatable bonds is 6. The molecule has 0 radical (unpaired) electrons. The molecule has 1 aliphatic heterocycles. The Morgan fingerprint density at radius 3 is 1.71 bits per heavy atom. The average Bonchev–Trinajstić information content (AvgIpc) is 3.02. The molecule has 1 fully saturated rings. The van der Waals surface area contributed by atoms with Gasteiger partial charge in [-0.2, -0.15) is 0 Å². The molecule has 2 aromatic rings. The zero-order chi connectivity index (χ0) is 20.4. The van der Waals surface area contributed by atoms with Crippen LogP contribution in [0, 0.1) is 11.8 Å². The Labute approximate surface area is 165 Å². The molecule has 0 aliphatic carbocycles. The maximum absolute atomic E-state index is 9.88. The third-order valence-electron chi connectivity index (χ3n) is 5.63. The van der Waals surface area contributed by atoms with Crippen molar-refractivity contribution in [3.63, 3.8) is 0 Å². The summed E-state index contributed by atoms with van der Waals surface area (Å²) in [5.74, 6) is 2.85. The summed E-state index contributed by atoms with van der Waals surface area (Å²) in [5.41, 5.74) is 1.95. The highest BCUT2D eigenvalue weighted by atomic mass is 16.5. The summed E-state index contributed by atoms with van der Waals surface area (Å²) >= 11 is 0. The van der Waals surface area contributed by atoms with Crippen molar-refractivity contribution >= 4 is 0 Å². The van der Waals surface area contributed by atoms with Crippen LogP contribution in [0.1, 0.15) is 37.2 Å². The van der Waals surface area contributed by atoms with E-state index in [1.807, 2.05) is 24.3 Å². The summed E-state index contributed by atoms with van der Waals surface area (Å²) in [6.45, 7) is 4.35. The predicted molar refractivity (Wildman–Crippen MR) is 106 cm³/mol. The Morgan fingerprint density at radius 2 is 1.21 bits per heavy atom. The van der Waals surface area contributed by atoms with Gasteiger partial charge < -0.3 is 28.8 Å². The minimum absolute atomic E-state index is 0.117. The van der Waals surface area contributed by atoms with E-state index in [1.165, 1.54) is 0 Å². The van der Waals surface area contributed by atoms with Crippen LogP contribution in [0.5, 0.6) is 28.7 Å². The van der Waals surface area contributed by atoms with Gasteiger partial charge in [-0.15, -0.1) is 0 Å². The predicted octanol–water partition coefficient (Wildman–Crippen LogP) is 4.51. The van der Waals surface area contributed by atoms with Crippen molar-refractivity contribution in [1.82, 2.24) is 0 Å². The largest absolute Gasteiger partial charge is 0.504 e. The van der Waals surface area contributed by atoms with E-state index in [1.54, 1.807) is 34.5 Å². The molecule has 6 nitrogen and oxygen atoms in total. The van der Waals surface area contributed by atoms with Crippen LogP contribution >= 0.6 is 0 Å². The lowest BCUT2D eigenvalue weighted by molar-refractivity contribution is 0.0286. The minimum Gasteiger partial charge on any atom is -0.504 e. The van der Waals surface area contributed by atoms with Crippen molar-refractivity contribution in [2.45, 2.75) is 26.1 Å². The van der Waals surface area contributed by atoms with Crippen molar-refractivity contribution < 1.29 is 28.8 Å². The van der Waals surface area contributed by atoms with E-state index < -0.39 is 0 Å². The van der Waals surface area contributed by atoms with Gasteiger partial charge in [-0.1, -0.05) is 19.9 Å². The molecule has 4 atom stereocenters. The molecule has 1 aliphatic rings. The summed E-state index contributed by atoms with van der Waals surface area (Å²) < 4.78 is 28.1. The van der Waals surface area contributed by atoms with Gasteiger partial charge in [-0.3, -0.25) is 0 Å².